The Hall–Kier alpha value is -2.85. The van der Waals surface area contributed by atoms with Crippen molar-refractivity contribution in [2.24, 2.45) is 0 Å². The number of hydrogen-bond donors (Lipinski definition) is 0. The van der Waals surface area contributed by atoms with E-state index in [4.69, 9.17) is 14.3 Å². The lowest BCUT2D eigenvalue weighted by molar-refractivity contribution is 0.181. The van der Waals surface area contributed by atoms with Gasteiger partial charge in [-0.15, -0.1) is 0 Å². The Bertz CT molecular complexity index is 956. The van der Waals surface area contributed by atoms with Gasteiger partial charge in [0.2, 0.25) is 0 Å². The third-order valence-corrected chi connectivity index (χ3v) is 4.37. The summed E-state index contributed by atoms with van der Waals surface area (Å²) in [5.74, 6) is 0.852. The van der Waals surface area contributed by atoms with Gasteiger partial charge in [0.25, 0.3) is 0 Å². The standard InChI is InChI=1S/C21H20N2O2/c1-24-15-18-21-17(20-11-6-14-25-20)9-5-10-19(21)23(22-18)13-12-16-7-3-2-4-8-16/h2-11,14H,12-13,15H2,1H3. The molecule has 2 heterocycles. The van der Waals surface area contributed by atoms with Crippen molar-refractivity contribution >= 4 is 10.9 Å². The summed E-state index contributed by atoms with van der Waals surface area (Å²) in [5.41, 5.74) is 4.41. The molecule has 25 heavy (non-hydrogen) atoms. The van der Waals surface area contributed by atoms with E-state index in [0.717, 1.165) is 40.9 Å². The minimum atomic E-state index is 0.479. The summed E-state index contributed by atoms with van der Waals surface area (Å²) in [4.78, 5) is 0. The van der Waals surface area contributed by atoms with Crippen molar-refractivity contribution in [2.75, 3.05) is 7.11 Å². The number of ether oxygens (including phenoxy) is 1. The van der Waals surface area contributed by atoms with Gasteiger partial charge in [0, 0.05) is 24.6 Å². The third kappa shape index (κ3) is 3.08. The SMILES string of the molecule is COCc1nn(CCc2ccccc2)c2cccc(-c3ccco3)c12. The van der Waals surface area contributed by atoms with Gasteiger partial charge in [0.05, 0.1) is 24.1 Å². The quantitative estimate of drug-likeness (QED) is 0.514. The fourth-order valence-electron chi connectivity index (χ4n) is 3.23. The number of aromatic nitrogens is 2. The number of hydrogen-bond acceptors (Lipinski definition) is 3. The molecule has 0 radical (unpaired) electrons. The maximum absolute atomic E-state index is 5.62. The van der Waals surface area contributed by atoms with Crippen LogP contribution in [0.25, 0.3) is 22.2 Å². The molecule has 4 nitrogen and oxygen atoms in total. The highest BCUT2D eigenvalue weighted by molar-refractivity contribution is 5.95. The third-order valence-electron chi connectivity index (χ3n) is 4.37. The van der Waals surface area contributed by atoms with E-state index in [1.165, 1.54) is 5.56 Å². The fraction of sp³-hybridized carbons (Fsp3) is 0.190. The molecule has 0 amide bonds. The molecule has 0 unspecified atom stereocenters. The van der Waals surface area contributed by atoms with Crippen LogP contribution >= 0.6 is 0 Å². The predicted octanol–water partition coefficient (Wildman–Crippen LogP) is 4.69. The van der Waals surface area contributed by atoms with Crippen molar-refractivity contribution in [3.05, 3.63) is 78.2 Å². The van der Waals surface area contributed by atoms with Crippen LogP contribution in [0.15, 0.2) is 71.3 Å². The van der Waals surface area contributed by atoms with E-state index in [-0.39, 0.29) is 0 Å². The first-order valence-electron chi connectivity index (χ1n) is 8.42. The summed E-state index contributed by atoms with van der Waals surface area (Å²) < 4.78 is 13.1. The van der Waals surface area contributed by atoms with Crippen LogP contribution in [0.1, 0.15) is 11.3 Å². The lowest BCUT2D eigenvalue weighted by Crippen LogP contribution is -2.03. The van der Waals surface area contributed by atoms with E-state index in [1.807, 2.05) is 18.2 Å². The van der Waals surface area contributed by atoms with Gasteiger partial charge in [-0.3, -0.25) is 4.68 Å². The first-order chi connectivity index (χ1) is 12.4. The molecule has 0 N–H and O–H groups in total. The molecule has 0 aliphatic rings. The van der Waals surface area contributed by atoms with Crippen LogP contribution in [0.5, 0.6) is 0 Å². The highest BCUT2D eigenvalue weighted by Gasteiger charge is 2.16. The summed E-state index contributed by atoms with van der Waals surface area (Å²) in [6, 6.07) is 20.6. The Morgan fingerprint density at radius 1 is 1.00 bits per heavy atom. The molecule has 4 heteroatoms. The van der Waals surface area contributed by atoms with Crippen molar-refractivity contribution in [3.63, 3.8) is 0 Å². The summed E-state index contributed by atoms with van der Waals surface area (Å²) in [6.07, 6.45) is 2.64. The normalized spacial score (nSPS) is 11.2. The van der Waals surface area contributed by atoms with Crippen LogP contribution in [0, 0.1) is 0 Å². The Kier molecular flexibility index (Phi) is 4.36. The van der Waals surface area contributed by atoms with E-state index in [9.17, 15) is 0 Å². The van der Waals surface area contributed by atoms with Crippen LogP contribution in [0.4, 0.5) is 0 Å². The zero-order chi connectivity index (χ0) is 17.1. The molecule has 0 spiro atoms. The maximum atomic E-state index is 5.62. The van der Waals surface area contributed by atoms with Crippen LogP contribution in [-0.4, -0.2) is 16.9 Å². The van der Waals surface area contributed by atoms with Gasteiger partial charge >= 0.3 is 0 Å². The molecule has 2 aromatic carbocycles. The minimum absolute atomic E-state index is 0.479. The molecule has 2 aromatic heterocycles. The zero-order valence-electron chi connectivity index (χ0n) is 14.2. The fourth-order valence-corrected chi connectivity index (χ4v) is 3.23. The number of rotatable bonds is 6. The Balaban J connectivity index is 1.76. The number of fused-ring (bicyclic) bond motifs is 1. The second kappa shape index (κ2) is 6.95. The van der Waals surface area contributed by atoms with Crippen molar-refractivity contribution in [3.8, 4) is 11.3 Å². The van der Waals surface area contributed by atoms with Crippen molar-refractivity contribution in [1.82, 2.24) is 9.78 Å². The van der Waals surface area contributed by atoms with Gasteiger partial charge in [0.1, 0.15) is 5.76 Å². The summed E-state index contributed by atoms with van der Waals surface area (Å²) in [7, 11) is 1.70. The van der Waals surface area contributed by atoms with Gasteiger partial charge in [-0.05, 0) is 30.2 Å². The number of nitrogens with zero attached hydrogens (tertiary/aromatic N) is 2. The van der Waals surface area contributed by atoms with Crippen molar-refractivity contribution in [1.29, 1.82) is 0 Å². The van der Waals surface area contributed by atoms with Crippen molar-refractivity contribution < 1.29 is 9.15 Å². The van der Waals surface area contributed by atoms with E-state index in [0.29, 0.717) is 6.61 Å². The summed E-state index contributed by atoms with van der Waals surface area (Å²) >= 11 is 0. The number of benzene rings is 2. The molecule has 0 atom stereocenters. The lowest BCUT2D eigenvalue weighted by atomic mass is 10.1. The number of methoxy groups -OCH3 is 1. The Morgan fingerprint density at radius 2 is 1.88 bits per heavy atom. The van der Waals surface area contributed by atoms with E-state index in [1.54, 1.807) is 13.4 Å². The van der Waals surface area contributed by atoms with Gasteiger partial charge in [-0.25, -0.2) is 0 Å². The largest absolute Gasteiger partial charge is 0.464 e. The van der Waals surface area contributed by atoms with Crippen LogP contribution in [0.3, 0.4) is 0 Å². The second-order valence-electron chi connectivity index (χ2n) is 6.02. The first-order valence-corrected chi connectivity index (χ1v) is 8.42. The molecule has 0 aliphatic carbocycles. The monoisotopic (exact) mass is 332 g/mol. The highest BCUT2D eigenvalue weighted by atomic mass is 16.5. The second-order valence-corrected chi connectivity index (χ2v) is 6.02. The van der Waals surface area contributed by atoms with Crippen LogP contribution in [0.2, 0.25) is 0 Å². The molecular formula is C21H20N2O2. The Labute approximate surface area is 146 Å². The van der Waals surface area contributed by atoms with Gasteiger partial charge < -0.3 is 9.15 Å². The van der Waals surface area contributed by atoms with Crippen LogP contribution < -0.4 is 0 Å². The van der Waals surface area contributed by atoms with E-state index < -0.39 is 0 Å². The minimum Gasteiger partial charge on any atom is -0.464 e. The first kappa shape index (κ1) is 15.7. The average Bonchev–Trinajstić information content (AvgIpc) is 3.30. The van der Waals surface area contributed by atoms with Gasteiger partial charge in [-0.2, -0.15) is 5.10 Å². The van der Waals surface area contributed by atoms with Gasteiger partial charge in [0.15, 0.2) is 0 Å². The molecule has 0 aliphatic heterocycles. The molecule has 0 fully saturated rings. The predicted molar refractivity (Wildman–Crippen MR) is 98.3 cm³/mol. The Morgan fingerprint density at radius 3 is 2.64 bits per heavy atom. The molecular weight excluding hydrogens is 312 g/mol. The molecule has 0 bridgehead atoms. The van der Waals surface area contributed by atoms with Crippen LogP contribution in [-0.2, 0) is 24.3 Å². The number of furan rings is 1. The highest BCUT2D eigenvalue weighted by Crippen LogP contribution is 2.32. The average molecular weight is 332 g/mol. The smallest absolute Gasteiger partial charge is 0.134 e. The molecule has 0 saturated heterocycles. The van der Waals surface area contributed by atoms with E-state index >= 15 is 0 Å². The maximum Gasteiger partial charge on any atom is 0.134 e. The lowest BCUT2D eigenvalue weighted by Gasteiger charge is -2.05. The molecule has 126 valence electrons. The molecule has 0 saturated carbocycles. The summed E-state index contributed by atoms with van der Waals surface area (Å²) in [6.45, 7) is 1.30. The van der Waals surface area contributed by atoms with Crippen molar-refractivity contribution in [2.45, 2.75) is 19.6 Å². The topological polar surface area (TPSA) is 40.2 Å². The summed E-state index contributed by atoms with van der Waals surface area (Å²) in [5, 5.41) is 5.92. The molecule has 4 aromatic rings. The van der Waals surface area contributed by atoms with Gasteiger partial charge in [-0.1, -0.05) is 42.5 Å². The molecule has 4 rings (SSSR count). The zero-order valence-corrected chi connectivity index (χ0v) is 14.2. The van der Waals surface area contributed by atoms with E-state index in [2.05, 4.69) is 47.1 Å². The number of aryl methyl sites for hydroxylation is 2.